The second-order valence-electron chi connectivity index (χ2n) is 4.56. The van der Waals surface area contributed by atoms with Crippen LogP contribution in [0.25, 0.3) is 0 Å². The molecule has 0 spiro atoms. The van der Waals surface area contributed by atoms with Gasteiger partial charge in [-0.1, -0.05) is 17.4 Å². The number of hydrogen-bond donors (Lipinski definition) is 1. The molecule has 6 heteroatoms. The maximum atomic E-state index is 12.5. The lowest BCUT2D eigenvalue weighted by Crippen LogP contribution is -2.30. The average Bonchev–Trinajstić information content (AvgIpc) is 2.74. The number of aryl methyl sites for hydroxylation is 2. The second kappa shape index (κ2) is 6.00. The molecule has 106 valence electrons. The molecule has 0 unspecified atom stereocenters. The first-order valence-electron chi connectivity index (χ1n) is 6.46. The predicted molar refractivity (Wildman–Crippen MR) is 80.7 cm³/mol. The van der Waals surface area contributed by atoms with Gasteiger partial charge in [-0.3, -0.25) is 9.78 Å². The van der Waals surface area contributed by atoms with Crippen molar-refractivity contribution in [3.63, 3.8) is 0 Å². The lowest BCUT2D eigenvalue weighted by atomic mass is 10.2. The summed E-state index contributed by atoms with van der Waals surface area (Å²) in [5.41, 5.74) is 8.18. The average molecular weight is 290 g/mol. The van der Waals surface area contributed by atoms with Crippen LogP contribution in [0.5, 0.6) is 0 Å². The van der Waals surface area contributed by atoms with Gasteiger partial charge in [-0.25, -0.2) is 4.98 Å². The minimum Gasteiger partial charge on any atom is -0.375 e. The summed E-state index contributed by atoms with van der Waals surface area (Å²) in [7, 11) is 0. The predicted octanol–water partition coefficient (Wildman–Crippen LogP) is 2.40. The maximum absolute atomic E-state index is 12.5. The van der Waals surface area contributed by atoms with Crippen LogP contribution >= 0.6 is 11.3 Å². The van der Waals surface area contributed by atoms with E-state index in [-0.39, 0.29) is 5.91 Å². The molecule has 0 saturated heterocycles. The number of rotatable bonds is 4. The van der Waals surface area contributed by atoms with E-state index in [1.54, 1.807) is 11.8 Å². The Bertz CT molecular complexity index is 623. The molecular weight excluding hydrogens is 272 g/mol. The lowest BCUT2D eigenvalue weighted by molar-refractivity contribution is 0.0754. The van der Waals surface area contributed by atoms with Crippen molar-refractivity contribution in [1.29, 1.82) is 0 Å². The molecule has 0 radical (unpaired) electrons. The third-order valence-electron chi connectivity index (χ3n) is 2.98. The molecule has 2 heterocycles. The fourth-order valence-electron chi connectivity index (χ4n) is 1.97. The minimum atomic E-state index is -0.0393. The molecule has 0 aliphatic rings. The Morgan fingerprint density at radius 3 is 2.65 bits per heavy atom. The van der Waals surface area contributed by atoms with E-state index in [0.717, 1.165) is 11.4 Å². The number of anilines is 1. The summed E-state index contributed by atoms with van der Waals surface area (Å²) in [4.78, 5) is 23.4. The largest absolute Gasteiger partial charge is 0.375 e. The molecule has 0 bridgehead atoms. The highest BCUT2D eigenvalue weighted by molar-refractivity contribution is 7.17. The van der Waals surface area contributed by atoms with Gasteiger partial charge in [0.05, 0.1) is 17.9 Å². The standard InChI is InChI=1S/C14H18N4OS/c1-4-18(8-11-7-5-6-9(2)16-11)13(19)12-10(3)17-14(15)20-12/h5-7H,4,8H2,1-3H3,(H2,15,17). The summed E-state index contributed by atoms with van der Waals surface area (Å²) in [5.74, 6) is -0.0393. The van der Waals surface area contributed by atoms with Crippen molar-refractivity contribution in [1.82, 2.24) is 14.9 Å². The van der Waals surface area contributed by atoms with Crippen LogP contribution in [-0.2, 0) is 6.54 Å². The first kappa shape index (κ1) is 14.5. The number of nitrogen functional groups attached to an aromatic ring is 1. The Kier molecular flexibility index (Phi) is 4.34. The molecule has 0 aliphatic carbocycles. The van der Waals surface area contributed by atoms with E-state index in [9.17, 15) is 4.79 Å². The van der Waals surface area contributed by atoms with Crippen molar-refractivity contribution in [2.45, 2.75) is 27.3 Å². The highest BCUT2D eigenvalue weighted by atomic mass is 32.1. The van der Waals surface area contributed by atoms with Gasteiger partial charge in [0.2, 0.25) is 0 Å². The zero-order valence-corrected chi connectivity index (χ0v) is 12.7. The summed E-state index contributed by atoms with van der Waals surface area (Å²) >= 11 is 1.23. The normalized spacial score (nSPS) is 10.6. The van der Waals surface area contributed by atoms with E-state index in [1.165, 1.54) is 11.3 Å². The Hall–Kier alpha value is -1.95. The molecule has 0 fully saturated rings. The number of carbonyl (C=O) groups excluding carboxylic acids is 1. The first-order valence-corrected chi connectivity index (χ1v) is 7.27. The van der Waals surface area contributed by atoms with E-state index < -0.39 is 0 Å². The molecule has 0 aromatic carbocycles. The van der Waals surface area contributed by atoms with Crippen LogP contribution in [0.4, 0.5) is 5.13 Å². The number of pyridine rings is 1. The fraction of sp³-hybridized carbons (Fsp3) is 0.357. The van der Waals surface area contributed by atoms with Gasteiger partial charge in [0.25, 0.3) is 5.91 Å². The Morgan fingerprint density at radius 2 is 2.10 bits per heavy atom. The number of nitrogens with two attached hydrogens (primary N) is 1. The van der Waals surface area contributed by atoms with Gasteiger partial charge in [-0.2, -0.15) is 0 Å². The highest BCUT2D eigenvalue weighted by Gasteiger charge is 2.20. The van der Waals surface area contributed by atoms with Crippen LogP contribution in [0.2, 0.25) is 0 Å². The SMILES string of the molecule is CCN(Cc1cccc(C)n1)C(=O)c1sc(N)nc1C. The third kappa shape index (κ3) is 3.14. The van der Waals surface area contributed by atoms with Crippen LogP contribution in [0.1, 0.15) is 33.7 Å². The van der Waals surface area contributed by atoms with E-state index >= 15 is 0 Å². The molecule has 2 rings (SSSR count). The second-order valence-corrected chi connectivity index (χ2v) is 5.59. The molecule has 5 nitrogen and oxygen atoms in total. The molecule has 0 saturated carbocycles. The molecule has 0 aliphatic heterocycles. The summed E-state index contributed by atoms with van der Waals surface area (Å²) in [6.45, 7) is 6.81. The first-order chi connectivity index (χ1) is 9.51. The zero-order chi connectivity index (χ0) is 14.7. The summed E-state index contributed by atoms with van der Waals surface area (Å²) in [6, 6.07) is 5.82. The quantitative estimate of drug-likeness (QED) is 0.938. The van der Waals surface area contributed by atoms with Crippen molar-refractivity contribution in [3.8, 4) is 0 Å². The molecule has 1 amide bonds. The Morgan fingerprint density at radius 1 is 1.35 bits per heavy atom. The summed E-state index contributed by atoms with van der Waals surface area (Å²) < 4.78 is 0. The summed E-state index contributed by atoms with van der Waals surface area (Å²) in [6.07, 6.45) is 0. The number of thiazole rings is 1. The van der Waals surface area contributed by atoms with Crippen molar-refractivity contribution < 1.29 is 4.79 Å². The number of aromatic nitrogens is 2. The van der Waals surface area contributed by atoms with Crippen molar-refractivity contribution in [3.05, 3.63) is 40.2 Å². The van der Waals surface area contributed by atoms with E-state index in [1.807, 2.05) is 32.0 Å². The monoisotopic (exact) mass is 290 g/mol. The Labute approximate surface area is 122 Å². The van der Waals surface area contributed by atoms with E-state index in [2.05, 4.69) is 9.97 Å². The van der Waals surface area contributed by atoms with Gasteiger partial charge in [0, 0.05) is 12.2 Å². The lowest BCUT2D eigenvalue weighted by Gasteiger charge is -2.20. The minimum absolute atomic E-state index is 0.0393. The maximum Gasteiger partial charge on any atom is 0.266 e. The topological polar surface area (TPSA) is 72.1 Å². The molecule has 0 atom stereocenters. The molecular formula is C14H18N4OS. The van der Waals surface area contributed by atoms with Crippen LogP contribution in [0, 0.1) is 13.8 Å². The number of amides is 1. The molecule has 2 N–H and O–H groups in total. The number of nitrogens with zero attached hydrogens (tertiary/aromatic N) is 3. The van der Waals surface area contributed by atoms with Gasteiger partial charge in [-0.15, -0.1) is 0 Å². The number of hydrogen-bond acceptors (Lipinski definition) is 5. The van der Waals surface area contributed by atoms with Crippen molar-refractivity contribution >= 4 is 22.4 Å². The Balaban J connectivity index is 2.20. The third-order valence-corrected chi connectivity index (χ3v) is 3.95. The van der Waals surface area contributed by atoms with Crippen LogP contribution in [-0.4, -0.2) is 27.3 Å². The van der Waals surface area contributed by atoms with Gasteiger partial charge >= 0.3 is 0 Å². The van der Waals surface area contributed by atoms with Crippen LogP contribution in [0.3, 0.4) is 0 Å². The van der Waals surface area contributed by atoms with Gasteiger partial charge in [-0.05, 0) is 32.9 Å². The van der Waals surface area contributed by atoms with E-state index in [0.29, 0.717) is 28.8 Å². The summed E-state index contributed by atoms with van der Waals surface area (Å²) in [5, 5.41) is 0.426. The fourth-order valence-corrected chi connectivity index (χ4v) is 2.77. The number of carbonyl (C=O) groups is 1. The van der Waals surface area contributed by atoms with Crippen molar-refractivity contribution in [2.75, 3.05) is 12.3 Å². The van der Waals surface area contributed by atoms with Crippen LogP contribution < -0.4 is 5.73 Å². The molecule has 20 heavy (non-hydrogen) atoms. The van der Waals surface area contributed by atoms with Crippen LogP contribution in [0.15, 0.2) is 18.2 Å². The van der Waals surface area contributed by atoms with Gasteiger partial charge in [0.15, 0.2) is 5.13 Å². The van der Waals surface area contributed by atoms with Gasteiger partial charge in [0.1, 0.15) is 4.88 Å². The molecule has 2 aromatic heterocycles. The smallest absolute Gasteiger partial charge is 0.266 e. The van der Waals surface area contributed by atoms with E-state index in [4.69, 9.17) is 5.73 Å². The molecule has 2 aromatic rings. The van der Waals surface area contributed by atoms with Gasteiger partial charge < -0.3 is 10.6 Å². The zero-order valence-electron chi connectivity index (χ0n) is 11.9. The van der Waals surface area contributed by atoms with Crippen molar-refractivity contribution in [2.24, 2.45) is 0 Å². The highest BCUT2D eigenvalue weighted by Crippen LogP contribution is 2.22.